The number of nitrogens with zero attached hydrogens (tertiary/aromatic N) is 3. The lowest BCUT2D eigenvalue weighted by Gasteiger charge is -2.29. The summed E-state index contributed by atoms with van der Waals surface area (Å²) in [5.74, 6) is 0.545. The number of rotatable bonds is 5. The Morgan fingerprint density at radius 2 is 2.26 bits per heavy atom. The molecule has 0 aromatic carbocycles. The second kappa shape index (κ2) is 6.73. The van der Waals surface area contributed by atoms with Crippen molar-refractivity contribution in [3.05, 3.63) is 16.9 Å². The predicted molar refractivity (Wildman–Crippen MR) is 79.8 cm³/mol. The van der Waals surface area contributed by atoms with Gasteiger partial charge in [0.1, 0.15) is 0 Å². The molecule has 2 rings (SSSR count). The normalized spacial score (nSPS) is 24.1. The zero-order valence-electron chi connectivity index (χ0n) is 12.2. The number of likely N-dealkylation sites (N-methyl/N-ethyl adjacent to an activating group) is 1. The highest BCUT2D eigenvalue weighted by Gasteiger charge is 2.26. The molecule has 108 valence electrons. The number of hydrogen-bond donors (Lipinski definition) is 1. The van der Waals surface area contributed by atoms with Crippen molar-refractivity contribution in [1.29, 1.82) is 0 Å². The smallest absolute Gasteiger partial charge is 0.0820 e. The van der Waals surface area contributed by atoms with Crippen molar-refractivity contribution < 1.29 is 0 Å². The van der Waals surface area contributed by atoms with Crippen LogP contribution in [0.3, 0.4) is 0 Å². The molecule has 1 aromatic rings. The predicted octanol–water partition coefficient (Wildman–Crippen LogP) is 2.34. The van der Waals surface area contributed by atoms with Crippen molar-refractivity contribution in [1.82, 2.24) is 20.0 Å². The van der Waals surface area contributed by atoms with Crippen LogP contribution in [0.4, 0.5) is 0 Å². The number of nitrogens with one attached hydrogen (secondary N) is 1. The molecule has 0 spiro atoms. The number of aromatic nitrogens is 2. The summed E-state index contributed by atoms with van der Waals surface area (Å²) in [6.45, 7) is 1.91. The summed E-state index contributed by atoms with van der Waals surface area (Å²) >= 11 is 6.37. The molecular formula is C14H25ClN4. The van der Waals surface area contributed by atoms with Gasteiger partial charge < -0.3 is 10.2 Å². The lowest BCUT2D eigenvalue weighted by molar-refractivity contribution is 0.329. The van der Waals surface area contributed by atoms with E-state index >= 15 is 0 Å². The van der Waals surface area contributed by atoms with E-state index in [0.717, 1.165) is 18.1 Å². The summed E-state index contributed by atoms with van der Waals surface area (Å²) in [4.78, 5) is 2.18. The van der Waals surface area contributed by atoms with Gasteiger partial charge in [-0.15, -0.1) is 0 Å². The second-order valence-corrected chi connectivity index (χ2v) is 6.16. The van der Waals surface area contributed by atoms with Gasteiger partial charge in [0.2, 0.25) is 0 Å². The molecule has 2 unspecified atom stereocenters. The summed E-state index contributed by atoms with van der Waals surface area (Å²) in [7, 11) is 6.23. The highest BCUT2D eigenvalue weighted by molar-refractivity contribution is 6.31. The van der Waals surface area contributed by atoms with Crippen molar-refractivity contribution in [2.24, 2.45) is 0 Å². The SMILES string of the molecule is CNC1CCCC(c2c(Cl)cnn2CCN(C)C)C1. The summed E-state index contributed by atoms with van der Waals surface area (Å²) < 4.78 is 2.10. The van der Waals surface area contributed by atoms with Crippen molar-refractivity contribution >= 4 is 11.6 Å². The largest absolute Gasteiger partial charge is 0.317 e. The zero-order valence-corrected chi connectivity index (χ0v) is 13.0. The molecule has 0 aliphatic heterocycles. The van der Waals surface area contributed by atoms with Gasteiger partial charge in [0, 0.05) is 18.5 Å². The number of hydrogen-bond acceptors (Lipinski definition) is 3. The van der Waals surface area contributed by atoms with Gasteiger partial charge in [-0.25, -0.2) is 0 Å². The first-order valence-electron chi connectivity index (χ1n) is 7.15. The van der Waals surface area contributed by atoms with Crippen LogP contribution in [0, 0.1) is 0 Å². The molecule has 2 atom stereocenters. The van der Waals surface area contributed by atoms with Gasteiger partial charge in [0.05, 0.1) is 23.5 Å². The number of halogens is 1. The van der Waals surface area contributed by atoms with Crippen LogP contribution >= 0.6 is 11.6 Å². The molecule has 5 heteroatoms. The maximum atomic E-state index is 6.37. The van der Waals surface area contributed by atoms with E-state index in [9.17, 15) is 0 Å². The van der Waals surface area contributed by atoms with Gasteiger partial charge in [0.25, 0.3) is 0 Å². The Morgan fingerprint density at radius 3 is 2.95 bits per heavy atom. The van der Waals surface area contributed by atoms with Crippen LogP contribution in [0.25, 0.3) is 0 Å². The molecular weight excluding hydrogens is 260 g/mol. The Bertz CT molecular complexity index is 402. The molecule has 1 N–H and O–H groups in total. The van der Waals surface area contributed by atoms with E-state index in [1.54, 1.807) is 6.20 Å². The second-order valence-electron chi connectivity index (χ2n) is 5.75. The van der Waals surface area contributed by atoms with Crippen LogP contribution in [-0.4, -0.2) is 48.4 Å². The van der Waals surface area contributed by atoms with Crippen LogP contribution in [0.5, 0.6) is 0 Å². The first-order chi connectivity index (χ1) is 9.11. The van der Waals surface area contributed by atoms with E-state index < -0.39 is 0 Å². The molecule has 1 aromatic heterocycles. The summed E-state index contributed by atoms with van der Waals surface area (Å²) in [5, 5.41) is 8.69. The van der Waals surface area contributed by atoms with E-state index in [4.69, 9.17) is 11.6 Å². The lowest BCUT2D eigenvalue weighted by atomic mass is 9.83. The van der Waals surface area contributed by atoms with E-state index in [-0.39, 0.29) is 0 Å². The van der Waals surface area contributed by atoms with E-state index in [0.29, 0.717) is 12.0 Å². The molecule has 4 nitrogen and oxygen atoms in total. The Kier molecular flexibility index (Phi) is 5.25. The third kappa shape index (κ3) is 3.71. The maximum absolute atomic E-state index is 6.37. The average molecular weight is 285 g/mol. The molecule has 0 amide bonds. The van der Waals surface area contributed by atoms with Crippen molar-refractivity contribution in [3.63, 3.8) is 0 Å². The van der Waals surface area contributed by atoms with Gasteiger partial charge in [-0.2, -0.15) is 5.10 Å². The van der Waals surface area contributed by atoms with Crippen molar-refractivity contribution in [2.45, 2.75) is 44.2 Å². The van der Waals surface area contributed by atoms with Crippen LogP contribution in [0.2, 0.25) is 5.02 Å². The third-order valence-electron chi connectivity index (χ3n) is 4.06. The van der Waals surface area contributed by atoms with Gasteiger partial charge in [-0.3, -0.25) is 4.68 Å². The molecule has 19 heavy (non-hydrogen) atoms. The standard InChI is InChI=1S/C14H25ClN4/c1-16-12-6-4-5-11(9-12)14-13(15)10-17-19(14)8-7-18(2)3/h10-12,16H,4-9H2,1-3H3. The Labute approximate surface area is 121 Å². The first kappa shape index (κ1) is 14.8. The monoisotopic (exact) mass is 284 g/mol. The first-order valence-corrected chi connectivity index (χ1v) is 7.52. The zero-order chi connectivity index (χ0) is 13.8. The van der Waals surface area contributed by atoms with Gasteiger partial charge in [0.15, 0.2) is 0 Å². The van der Waals surface area contributed by atoms with Crippen LogP contribution < -0.4 is 5.32 Å². The van der Waals surface area contributed by atoms with Gasteiger partial charge >= 0.3 is 0 Å². The minimum Gasteiger partial charge on any atom is -0.317 e. The molecule has 0 bridgehead atoms. The summed E-state index contributed by atoms with van der Waals surface area (Å²) in [6, 6.07) is 0.618. The molecule has 0 radical (unpaired) electrons. The Balaban J connectivity index is 2.11. The maximum Gasteiger partial charge on any atom is 0.0820 e. The molecule has 1 aliphatic rings. The minimum absolute atomic E-state index is 0.545. The topological polar surface area (TPSA) is 33.1 Å². The molecule has 1 saturated carbocycles. The van der Waals surface area contributed by atoms with Crippen LogP contribution in [0.1, 0.15) is 37.3 Å². The Morgan fingerprint density at radius 1 is 1.47 bits per heavy atom. The van der Waals surface area contributed by atoms with Crippen LogP contribution in [-0.2, 0) is 6.54 Å². The molecule has 0 saturated heterocycles. The summed E-state index contributed by atoms with van der Waals surface area (Å²) in [6.07, 6.45) is 6.74. The molecule has 1 aliphatic carbocycles. The van der Waals surface area contributed by atoms with Crippen molar-refractivity contribution in [2.75, 3.05) is 27.7 Å². The highest BCUT2D eigenvalue weighted by Crippen LogP contribution is 2.36. The Hall–Kier alpha value is -0.580. The third-order valence-corrected chi connectivity index (χ3v) is 4.35. The molecule has 1 fully saturated rings. The minimum atomic E-state index is 0.545. The van der Waals surface area contributed by atoms with E-state index in [1.165, 1.54) is 31.4 Å². The average Bonchev–Trinajstić information content (AvgIpc) is 2.77. The fourth-order valence-electron chi connectivity index (χ4n) is 2.95. The quantitative estimate of drug-likeness (QED) is 0.901. The van der Waals surface area contributed by atoms with Gasteiger partial charge in [-0.1, -0.05) is 18.0 Å². The molecule has 1 heterocycles. The van der Waals surface area contributed by atoms with Crippen molar-refractivity contribution in [3.8, 4) is 0 Å². The fraction of sp³-hybridized carbons (Fsp3) is 0.786. The van der Waals surface area contributed by atoms with E-state index in [1.807, 2.05) is 0 Å². The summed E-state index contributed by atoms with van der Waals surface area (Å²) in [5.41, 5.74) is 1.24. The highest BCUT2D eigenvalue weighted by atomic mass is 35.5. The lowest BCUT2D eigenvalue weighted by Crippen LogP contribution is -2.31. The fourth-order valence-corrected chi connectivity index (χ4v) is 3.25. The van der Waals surface area contributed by atoms with E-state index in [2.05, 4.69) is 41.1 Å². The van der Waals surface area contributed by atoms with Crippen LogP contribution in [0.15, 0.2) is 6.20 Å². The van der Waals surface area contributed by atoms with Gasteiger partial charge in [-0.05, 0) is 40.4 Å².